The van der Waals surface area contributed by atoms with Gasteiger partial charge in [-0.05, 0) is 51.8 Å². The van der Waals surface area contributed by atoms with Gasteiger partial charge in [-0.25, -0.2) is 4.79 Å². The van der Waals surface area contributed by atoms with Crippen LogP contribution in [0.15, 0.2) is 29.8 Å². The minimum Gasteiger partial charge on any atom is -0.449 e. The summed E-state index contributed by atoms with van der Waals surface area (Å²) >= 11 is 0. The summed E-state index contributed by atoms with van der Waals surface area (Å²) in [7, 11) is 0. The first kappa shape index (κ1) is 16.0. The fourth-order valence-electron chi connectivity index (χ4n) is 1.60. The van der Waals surface area contributed by atoms with Crippen molar-refractivity contribution >= 4 is 17.6 Å². The molecule has 20 heavy (non-hydrogen) atoms. The van der Waals surface area contributed by atoms with Crippen LogP contribution in [0.5, 0.6) is 0 Å². The summed E-state index contributed by atoms with van der Waals surface area (Å²) in [6.07, 6.45) is 0.528. The van der Waals surface area contributed by atoms with E-state index in [1.165, 1.54) is 6.08 Å². The van der Waals surface area contributed by atoms with Gasteiger partial charge >= 0.3 is 5.97 Å². The number of hydrogen-bond donors (Lipinski definition) is 1. The predicted octanol–water partition coefficient (Wildman–Crippen LogP) is 3.14. The van der Waals surface area contributed by atoms with Crippen LogP contribution in [0.4, 0.5) is 5.69 Å². The van der Waals surface area contributed by atoms with E-state index in [1.54, 1.807) is 20.8 Å². The lowest BCUT2D eigenvalue weighted by molar-refractivity contribution is -0.148. The Balaban J connectivity index is 2.69. The number of rotatable bonds is 4. The van der Waals surface area contributed by atoms with Gasteiger partial charge in [-0.2, -0.15) is 0 Å². The highest BCUT2D eigenvalue weighted by Gasteiger charge is 2.17. The molecule has 0 aliphatic heterocycles. The Hall–Kier alpha value is -2.10. The van der Waals surface area contributed by atoms with Gasteiger partial charge in [0.15, 0.2) is 6.10 Å². The fourth-order valence-corrected chi connectivity index (χ4v) is 1.60. The summed E-state index contributed by atoms with van der Waals surface area (Å²) in [5.41, 5.74) is 3.59. The summed E-state index contributed by atoms with van der Waals surface area (Å²) in [4.78, 5) is 23.5. The number of amides is 1. The number of allylic oxidation sites excluding steroid dienone is 1. The van der Waals surface area contributed by atoms with E-state index in [9.17, 15) is 9.59 Å². The summed E-state index contributed by atoms with van der Waals surface area (Å²) in [6, 6.07) is 5.80. The lowest BCUT2D eigenvalue weighted by Crippen LogP contribution is -2.29. The number of hydrogen-bond acceptors (Lipinski definition) is 3. The lowest BCUT2D eigenvalue weighted by Gasteiger charge is -2.14. The molecule has 1 unspecified atom stereocenters. The third-order valence-electron chi connectivity index (χ3n) is 2.72. The van der Waals surface area contributed by atoms with E-state index in [-0.39, 0.29) is 5.91 Å². The molecule has 0 aromatic heterocycles. The Morgan fingerprint density at radius 1 is 1.25 bits per heavy atom. The molecule has 0 aliphatic rings. The molecule has 0 heterocycles. The van der Waals surface area contributed by atoms with Gasteiger partial charge in [-0.15, -0.1) is 0 Å². The topological polar surface area (TPSA) is 55.4 Å². The smallest absolute Gasteiger partial charge is 0.331 e. The molecule has 1 N–H and O–H groups in total. The number of carbonyl (C=O) groups is 2. The number of nitrogens with one attached hydrogen (secondary N) is 1. The number of benzene rings is 1. The Morgan fingerprint density at radius 2 is 1.90 bits per heavy atom. The molecule has 0 radical (unpaired) electrons. The van der Waals surface area contributed by atoms with Gasteiger partial charge in [0.1, 0.15) is 0 Å². The number of aryl methyl sites for hydroxylation is 2. The number of anilines is 1. The number of carbonyl (C=O) groups excluding carboxylic acids is 2. The molecule has 1 rings (SSSR count). The molecule has 0 saturated carbocycles. The largest absolute Gasteiger partial charge is 0.449 e. The minimum atomic E-state index is -0.835. The summed E-state index contributed by atoms with van der Waals surface area (Å²) in [6.45, 7) is 9.00. The predicted molar refractivity (Wildman–Crippen MR) is 79.5 cm³/mol. The van der Waals surface area contributed by atoms with E-state index < -0.39 is 12.1 Å². The van der Waals surface area contributed by atoms with Gasteiger partial charge in [0.2, 0.25) is 0 Å². The van der Waals surface area contributed by atoms with Gasteiger partial charge in [0.25, 0.3) is 5.91 Å². The van der Waals surface area contributed by atoms with Crippen molar-refractivity contribution in [3.8, 4) is 0 Å². The van der Waals surface area contributed by atoms with Crippen LogP contribution in [0.25, 0.3) is 0 Å². The highest BCUT2D eigenvalue weighted by molar-refractivity contribution is 5.96. The second-order valence-corrected chi connectivity index (χ2v) is 5.11. The van der Waals surface area contributed by atoms with Gasteiger partial charge < -0.3 is 10.1 Å². The average molecular weight is 275 g/mol. The first-order valence-electron chi connectivity index (χ1n) is 6.53. The zero-order valence-electron chi connectivity index (χ0n) is 12.6. The highest BCUT2D eigenvalue weighted by atomic mass is 16.5. The monoisotopic (exact) mass is 275 g/mol. The van der Waals surface area contributed by atoms with Crippen LogP contribution in [-0.4, -0.2) is 18.0 Å². The van der Waals surface area contributed by atoms with Crippen LogP contribution in [0.3, 0.4) is 0 Å². The van der Waals surface area contributed by atoms with Crippen LogP contribution in [0.1, 0.15) is 31.9 Å². The summed E-state index contributed by atoms with van der Waals surface area (Å²) in [5, 5.41) is 2.77. The number of ether oxygens (including phenoxy) is 1. The SMILES string of the molecule is CC(C)=CC(=O)OC(C)C(=O)Nc1cc(C)ccc1C. The molecule has 1 amide bonds. The second-order valence-electron chi connectivity index (χ2n) is 5.11. The van der Waals surface area contributed by atoms with Gasteiger partial charge in [0, 0.05) is 11.8 Å². The molecule has 0 fully saturated rings. The quantitative estimate of drug-likeness (QED) is 0.678. The van der Waals surface area contributed by atoms with Crippen molar-refractivity contribution in [1.82, 2.24) is 0 Å². The zero-order chi connectivity index (χ0) is 15.3. The van der Waals surface area contributed by atoms with Crippen LogP contribution >= 0.6 is 0 Å². The normalized spacial score (nSPS) is 11.4. The van der Waals surface area contributed by atoms with Gasteiger partial charge in [0.05, 0.1) is 0 Å². The Labute approximate surface area is 119 Å². The van der Waals surface area contributed by atoms with E-state index in [2.05, 4.69) is 5.32 Å². The van der Waals surface area contributed by atoms with E-state index in [1.807, 2.05) is 32.0 Å². The fraction of sp³-hybridized carbons (Fsp3) is 0.375. The molecule has 1 aromatic rings. The molecule has 1 aromatic carbocycles. The van der Waals surface area contributed by atoms with Gasteiger partial charge in [-0.3, -0.25) is 4.79 Å². The molecule has 108 valence electrons. The lowest BCUT2D eigenvalue weighted by atomic mass is 10.1. The Morgan fingerprint density at radius 3 is 2.50 bits per heavy atom. The molecule has 0 spiro atoms. The van der Waals surface area contributed by atoms with E-state index in [4.69, 9.17) is 4.74 Å². The first-order valence-corrected chi connectivity index (χ1v) is 6.53. The highest BCUT2D eigenvalue weighted by Crippen LogP contribution is 2.16. The van der Waals surface area contributed by atoms with Crippen LogP contribution in [0.2, 0.25) is 0 Å². The summed E-state index contributed by atoms with van der Waals surface area (Å²) < 4.78 is 5.04. The van der Waals surface area contributed by atoms with Crippen molar-refractivity contribution in [2.45, 2.75) is 40.7 Å². The third kappa shape index (κ3) is 4.88. The van der Waals surface area contributed by atoms with Crippen LogP contribution in [0, 0.1) is 13.8 Å². The van der Waals surface area contributed by atoms with Crippen molar-refractivity contribution in [1.29, 1.82) is 0 Å². The van der Waals surface area contributed by atoms with Crippen molar-refractivity contribution in [3.05, 3.63) is 41.0 Å². The molecule has 0 saturated heterocycles. The molecule has 1 atom stereocenters. The van der Waals surface area contributed by atoms with E-state index in [0.717, 1.165) is 22.4 Å². The van der Waals surface area contributed by atoms with E-state index in [0.29, 0.717) is 0 Å². The molecule has 0 bridgehead atoms. The average Bonchev–Trinajstić information content (AvgIpc) is 2.32. The van der Waals surface area contributed by atoms with Gasteiger partial charge in [-0.1, -0.05) is 17.7 Å². The second kappa shape index (κ2) is 6.89. The molecular weight excluding hydrogens is 254 g/mol. The maximum Gasteiger partial charge on any atom is 0.331 e. The zero-order valence-corrected chi connectivity index (χ0v) is 12.6. The van der Waals surface area contributed by atoms with E-state index >= 15 is 0 Å². The van der Waals surface area contributed by atoms with Crippen molar-refractivity contribution in [2.24, 2.45) is 0 Å². The summed E-state index contributed by atoms with van der Waals surface area (Å²) in [5.74, 6) is -0.845. The Kier molecular flexibility index (Phi) is 5.50. The molecule has 4 heteroatoms. The van der Waals surface area contributed by atoms with Crippen molar-refractivity contribution in [2.75, 3.05) is 5.32 Å². The molecule has 4 nitrogen and oxygen atoms in total. The third-order valence-corrected chi connectivity index (χ3v) is 2.72. The standard InChI is InChI=1S/C16H21NO3/c1-10(2)8-15(18)20-13(5)16(19)17-14-9-11(3)6-7-12(14)4/h6-9,13H,1-5H3,(H,17,19). The Bertz CT molecular complexity index is 543. The van der Waals surface area contributed by atoms with Crippen molar-refractivity contribution < 1.29 is 14.3 Å². The van der Waals surface area contributed by atoms with Crippen LogP contribution in [-0.2, 0) is 14.3 Å². The molecular formula is C16H21NO3. The molecule has 0 aliphatic carbocycles. The van der Waals surface area contributed by atoms with Crippen LogP contribution < -0.4 is 5.32 Å². The maximum atomic E-state index is 12.0. The minimum absolute atomic E-state index is 0.339. The maximum absolute atomic E-state index is 12.0. The number of esters is 1. The van der Waals surface area contributed by atoms with Crippen molar-refractivity contribution in [3.63, 3.8) is 0 Å². The first-order chi connectivity index (χ1) is 9.29.